The van der Waals surface area contributed by atoms with Crippen molar-refractivity contribution in [2.45, 2.75) is 19.9 Å². The highest BCUT2D eigenvalue weighted by Crippen LogP contribution is 2.13. The van der Waals surface area contributed by atoms with Gasteiger partial charge in [0.2, 0.25) is 10.0 Å². The van der Waals surface area contributed by atoms with Gasteiger partial charge in [0.15, 0.2) is 0 Å². The molecule has 2 amide bonds. The smallest absolute Gasteiger partial charge is 0.251 e. The molecular formula is C19H23N3O4S. The minimum atomic E-state index is -3.41. The van der Waals surface area contributed by atoms with Crippen molar-refractivity contribution in [1.29, 1.82) is 0 Å². The largest absolute Gasteiger partial charge is 0.355 e. The van der Waals surface area contributed by atoms with Crippen LogP contribution in [0.4, 0.5) is 5.69 Å². The van der Waals surface area contributed by atoms with Crippen LogP contribution in [-0.4, -0.2) is 33.0 Å². The van der Waals surface area contributed by atoms with Gasteiger partial charge in [-0.1, -0.05) is 25.1 Å². The van der Waals surface area contributed by atoms with Gasteiger partial charge in [0, 0.05) is 30.4 Å². The van der Waals surface area contributed by atoms with Crippen LogP contribution < -0.4 is 15.4 Å². The Morgan fingerprint density at radius 1 is 0.963 bits per heavy atom. The van der Waals surface area contributed by atoms with E-state index in [2.05, 4.69) is 15.4 Å². The SMILES string of the molecule is CCCS(=O)(=O)Nc1cccc(C(=O)NCc2ccc(C(=O)NC)cc2)c1. The van der Waals surface area contributed by atoms with Gasteiger partial charge in [-0.15, -0.1) is 0 Å². The first-order valence-electron chi connectivity index (χ1n) is 8.54. The maximum absolute atomic E-state index is 12.3. The lowest BCUT2D eigenvalue weighted by Crippen LogP contribution is -2.23. The summed E-state index contributed by atoms with van der Waals surface area (Å²) in [5, 5.41) is 5.32. The Morgan fingerprint density at radius 3 is 2.30 bits per heavy atom. The molecule has 0 aliphatic carbocycles. The number of benzene rings is 2. The number of carbonyl (C=O) groups excluding carboxylic acids is 2. The Balaban J connectivity index is 2.00. The lowest BCUT2D eigenvalue weighted by Gasteiger charge is -2.10. The Hall–Kier alpha value is -2.87. The number of hydrogen-bond acceptors (Lipinski definition) is 4. The molecule has 2 aromatic rings. The Bertz CT molecular complexity index is 909. The van der Waals surface area contributed by atoms with Gasteiger partial charge in [-0.2, -0.15) is 0 Å². The van der Waals surface area contributed by atoms with Crippen LogP contribution in [0.25, 0.3) is 0 Å². The maximum atomic E-state index is 12.3. The molecule has 27 heavy (non-hydrogen) atoms. The second-order valence-electron chi connectivity index (χ2n) is 5.96. The van der Waals surface area contributed by atoms with Gasteiger partial charge in [-0.25, -0.2) is 8.42 Å². The molecule has 144 valence electrons. The summed E-state index contributed by atoms with van der Waals surface area (Å²) in [5.74, 6) is -0.468. The number of amides is 2. The number of hydrogen-bond donors (Lipinski definition) is 3. The van der Waals surface area contributed by atoms with Gasteiger partial charge < -0.3 is 10.6 Å². The Morgan fingerprint density at radius 2 is 1.67 bits per heavy atom. The van der Waals surface area contributed by atoms with Crippen LogP contribution in [0.2, 0.25) is 0 Å². The van der Waals surface area contributed by atoms with Crippen molar-refractivity contribution < 1.29 is 18.0 Å². The van der Waals surface area contributed by atoms with Crippen LogP contribution in [0.15, 0.2) is 48.5 Å². The monoisotopic (exact) mass is 389 g/mol. The molecule has 0 radical (unpaired) electrons. The number of anilines is 1. The highest BCUT2D eigenvalue weighted by atomic mass is 32.2. The van der Waals surface area contributed by atoms with Gasteiger partial charge >= 0.3 is 0 Å². The number of rotatable bonds is 8. The fourth-order valence-electron chi connectivity index (χ4n) is 2.43. The summed E-state index contributed by atoms with van der Waals surface area (Å²) in [6.07, 6.45) is 0.508. The molecule has 0 spiro atoms. The summed E-state index contributed by atoms with van der Waals surface area (Å²) in [4.78, 5) is 23.8. The molecule has 0 bridgehead atoms. The third kappa shape index (κ3) is 6.10. The van der Waals surface area contributed by atoms with Gasteiger partial charge in [-0.05, 0) is 42.3 Å². The zero-order chi connectivity index (χ0) is 19.9. The van der Waals surface area contributed by atoms with E-state index in [1.165, 1.54) is 6.07 Å². The van der Waals surface area contributed by atoms with E-state index in [4.69, 9.17) is 0 Å². The van der Waals surface area contributed by atoms with E-state index in [0.29, 0.717) is 29.8 Å². The minimum absolute atomic E-state index is 0.0233. The highest BCUT2D eigenvalue weighted by molar-refractivity contribution is 7.92. The van der Waals surface area contributed by atoms with E-state index in [9.17, 15) is 18.0 Å². The van der Waals surface area contributed by atoms with E-state index in [-0.39, 0.29) is 17.6 Å². The molecule has 8 heteroatoms. The van der Waals surface area contributed by atoms with Crippen molar-refractivity contribution in [3.63, 3.8) is 0 Å². The molecule has 0 heterocycles. The van der Waals surface area contributed by atoms with Gasteiger partial charge in [-0.3, -0.25) is 14.3 Å². The summed E-state index contributed by atoms with van der Waals surface area (Å²) in [6, 6.07) is 13.2. The van der Waals surface area contributed by atoms with Crippen molar-refractivity contribution in [2.24, 2.45) is 0 Å². The second kappa shape index (κ2) is 9.18. The predicted octanol–water partition coefficient (Wildman–Crippen LogP) is 2.13. The molecule has 0 aliphatic rings. The van der Waals surface area contributed by atoms with Crippen LogP contribution in [0.3, 0.4) is 0 Å². The molecule has 0 atom stereocenters. The molecule has 2 rings (SSSR count). The highest BCUT2D eigenvalue weighted by Gasteiger charge is 2.11. The fraction of sp³-hybridized carbons (Fsp3) is 0.263. The van der Waals surface area contributed by atoms with Crippen molar-refractivity contribution >= 4 is 27.5 Å². The number of nitrogens with one attached hydrogen (secondary N) is 3. The number of carbonyl (C=O) groups is 2. The van der Waals surface area contributed by atoms with Gasteiger partial charge in [0.1, 0.15) is 0 Å². The summed E-state index contributed by atoms with van der Waals surface area (Å²) >= 11 is 0. The van der Waals surface area contributed by atoms with E-state index in [1.54, 1.807) is 56.4 Å². The third-order valence-corrected chi connectivity index (χ3v) is 5.26. The predicted molar refractivity (Wildman–Crippen MR) is 105 cm³/mol. The lowest BCUT2D eigenvalue weighted by atomic mass is 10.1. The molecule has 0 saturated carbocycles. The van der Waals surface area contributed by atoms with Crippen molar-refractivity contribution in [3.05, 3.63) is 65.2 Å². The standard InChI is InChI=1S/C19H23N3O4S/c1-3-11-27(25,26)22-17-6-4-5-16(12-17)19(24)21-13-14-7-9-15(10-8-14)18(23)20-2/h4-10,12,22H,3,11,13H2,1-2H3,(H,20,23)(H,21,24). The zero-order valence-corrected chi connectivity index (χ0v) is 16.1. The van der Waals surface area contributed by atoms with Crippen molar-refractivity contribution in [3.8, 4) is 0 Å². The average molecular weight is 389 g/mol. The van der Waals surface area contributed by atoms with Crippen LogP contribution >= 0.6 is 0 Å². The summed E-state index contributed by atoms with van der Waals surface area (Å²) in [7, 11) is -1.85. The lowest BCUT2D eigenvalue weighted by molar-refractivity contribution is 0.0946. The van der Waals surface area contributed by atoms with Crippen LogP contribution in [0, 0.1) is 0 Å². The zero-order valence-electron chi connectivity index (χ0n) is 15.3. The first-order chi connectivity index (χ1) is 12.8. The topological polar surface area (TPSA) is 104 Å². The fourth-order valence-corrected chi connectivity index (χ4v) is 3.55. The minimum Gasteiger partial charge on any atom is -0.355 e. The molecule has 0 fully saturated rings. The van der Waals surface area contributed by atoms with E-state index >= 15 is 0 Å². The average Bonchev–Trinajstić information content (AvgIpc) is 2.65. The quantitative estimate of drug-likeness (QED) is 0.643. The van der Waals surface area contributed by atoms with Crippen LogP contribution in [0.1, 0.15) is 39.6 Å². The first-order valence-corrected chi connectivity index (χ1v) is 10.2. The third-order valence-electron chi connectivity index (χ3n) is 3.77. The van der Waals surface area contributed by atoms with E-state index in [1.807, 2.05) is 0 Å². The molecular weight excluding hydrogens is 366 g/mol. The van der Waals surface area contributed by atoms with E-state index in [0.717, 1.165) is 5.56 Å². The molecule has 2 aromatic carbocycles. The molecule has 0 saturated heterocycles. The number of sulfonamides is 1. The Labute approximate surface area is 159 Å². The summed E-state index contributed by atoms with van der Waals surface area (Å²) in [5.41, 5.74) is 2.09. The molecule has 3 N–H and O–H groups in total. The molecule has 7 nitrogen and oxygen atoms in total. The van der Waals surface area contributed by atoms with Gasteiger partial charge in [0.05, 0.1) is 5.75 Å². The molecule has 0 unspecified atom stereocenters. The van der Waals surface area contributed by atoms with Crippen molar-refractivity contribution in [2.75, 3.05) is 17.5 Å². The van der Waals surface area contributed by atoms with Crippen LogP contribution in [-0.2, 0) is 16.6 Å². The Kier molecular flexibility index (Phi) is 6.95. The van der Waals surface area contributed by atoms with Crippen LogP contribution in [0.5, 0.6) is 0 Å². The maximum Gasteiger partial charge on any atom is 0.251 e. The van der Waals surface area contributed by atoms with E-state index < -0.39 is 10.0 Å². The van der Waals surface area contributed by atoms with Crippen molar-refractivity contribution in [1.82, 2.24) is 10.6 Å². The summed E-state index contributed by atoms with van der Waals surface area (Å²) in [6.45, 7) is 2.07. The molecule has 0 aliphatic heterocycles. The second-order valence-corrected chi connectivity index (χ2v) is 7.80. The first kappa shape index (κ1) is 20.4. The normalized spacial score (nSPS) is 10.9. The molecule has 0 aromatic heterocycles. The summed E-state index contributed by atoms with van der Waals surface area (Å²) < 4.78 is 26.2. The van der Waals surface area contributed by atoms with Gasteiger partial charge in [0.25, 0.3) is 11.8 Å².